The number of halogens is 1. The van der Waals surface area contributed by atoms with Crippen molar-refractivity contribution in [2.24, 2.45) is 0 Å². The number of oxazole rings is 1. The SMILES string of the molecule is Cc1oc(Cc2cccc(Cl)c2)nc1-c1ccc(OCc2ccc(C(=O)O)cc2)cc1. The molecule has 0 aliphatic heterocycles. The van der Waals surface area contributed by atoms with Gasteiger partial charge in [-0.2, -0.15) is 0 Å². The topological polar surface area (TPSA) is 72.6 Å². The van der Waals surface area contributed by atoms with Crippen LogP contribution < -0.4 is 4.74 Å². The molecule has 1 heterocycles. The predicted molar refractivity (Wildman–Crippen MR) is 119 cm³/mol. The van der Waals surface area contributed by atoms with Gasteiger partial charge in [0.1, 0.15) is 23.8 Å². The van der Waals surface area contributed by atoms with Crippen LogP contribution in [0.2, 0.25) is 5.02 Å². The highest BCUT2D eigenvalue weighted by atomic mass is 35.5. The van der Waals surface area contributed by atoms with E-state index in [0.717, 1.165) is 28.1 Å². The monoisotopic (exact) mass is 433 g/mol. The van der Waals surface area contributed by atoms with Gasteiger partial charge < -0.3 is 14.3 Å². The molecule has 0 unspecified atom stereocenters. The Hall–Kier alpha value is -3.57. The first kappa shape index (κ1) is 20.7. The first-order valence-electron chi connectivity index (χ1n) is 9.74. The molecule has 0 bridgehead atoms. The summed E-state index contributed by atoms with van der Waals surface area (Å²) >= 11 is 6.06. The van der Waals surface area contributed by atoms with Gasteiger partial charge in [-0.05, 0) is 66.6 Å². The molecule has 0 radical (unpaired) electrons. The Labute approximate surface area is 184 Å². The summed E-state index contributed by atoms with van der Waals surface area (Å²) in [7, 11) is 0. The van der Waals surface area contributed by atoms with E-state index in [1.54, 1.807) is 24.3 Å². The summed E-state index contributed by atoms with van der Waals surface area (Å²) in [6.45, 7) is 2.25. The van der Waals surface area contributed by atoms with Gasteiger partial charge in [0.05, 0.1) is 5.56 Å². The van der Waals surface area contributed by atoms with E-state index in [-0.39, 0.29) is 5.56 Å². The summed E-state index contributed by atoms with van der Waals surface area (Å²) in [6.07, 6.45) is 0.573. The van der Waals surface area contributed by atoms with Crippen LogP contribution in [-0.2, 0) is 13.0 Å². The summed E-state index contributed by atoms with van der Waals surface area (Å²) in [6, 6.07) is 21.9. The number of carbonyl (C=O) groups is 1. The van der Waals surface area contributed by atoms with E-state index in [1.165, 1.54) is 0 Å². The van der Waals surface area contributed by atoms with E-state index < -0.39 is 5.97 Å². The van der Waals surface area contributed by atoms with Gasteiger partial charge >= 0.3 is 5.97 Å². The van der Waals surface area contributed by atoms with Crippen LogP contribution in [-0.4, -0.2) is 16.1 Å². The minimum Gasteiger partial charge on any atom is -0.489 e. The smallest absolute Gasteiger partial charge is 0.335 e. The Bertz CT molecular complexity index is 1200. The molecule has 0 saturated heterocycles. The van der Waals surface area contributed by atoms with E-state index in [2.05, 4.69) is 4.98 Å². The molecule has 5 nitrogen and oxygen atoms in total. The Morgan fingerprint density at radius 2 is 1.77 bits per heavy atom. The Balaban J connectivity index is 1.42. The van der Waals surface area contributed by atoms with Crippen LogP contribution in [0.1, 0.15) is 33.1 Å². The zero-order valence-electron chi connectivity index (χ0n) is 16.8. The lowest BCUT2D eigenvalue weighted by Crippen LogP contribution is -1.98. The lowest BCUT2D eigenvalue weighted by atomic mass is 10.1. The first-order valence-corrected chi connectivity index (χ1v) is 10.1. The van der Waals surface area contributed by atoms with Crippen LogP contribution in [0.3, 0.4) is 0 Å². The molecule has 0 amide bonds. The minimum atomic E-state index is -0.943. The second kappa shape index (κ2) is 9.06. The van der Waals surface area contributed by atoms with Crippen LogP contribution in [0.15, 0.2) is 77.2 Å². The standard InChI is InChI=1S/C25H20ClNO4/c1-16-24(27-23(31-16)14-18-3-2-4-21(26)13-18)19-9-11-22(12-10-19)30-15-17-5-7-20(8-6-17)25(28)29/h2-13H,14-15H2,1H3,(H,28,29). The molecular weight excluding hydrogens is 414 g/mol. The van der Waals surface area contributed by atoms with Gasteiger partial charge in [-0.15, -0.1) is 0 Å². The molecular formula is C25H20ClNO4. The molecule has 1 aromatic heterocycles. The number of hydrogen-bond donors (Lipinski definition) is 1. The van der Waals surface area contributed by atoms with Gasteiger partial charge in [0, 0.05) is 17.0 Å². The van der Waals surface area contributed by atoms with Crippen molar-refractivity contribution in [3.8, 4) is 17.0 Å². The number of carboxylic acids is 1. The number of aromatic carboxylic acids is 1. The van der Waals surface area contributed by atoms with Crippen LogP contribution in [0.5, 0.6) is 5.75 Å². The van der Waals surface area contributed by atoms with Crippen LogP contribution in [0.4, 0.5) is 0 Å². The van der Waals surface area contributed by atoms with Gasteiger partial charge in [0.25, 0.3) is 0 Å². The first-order chi connectivity index (χ1) is 15.0. The number of ether oxygens (including phenoxy) is 1. The maximum Gasteiger partial charge on any atom is 0.335 e. The van der Waals surface area contributed by atoms with Gasteiger partial charge in [-0.25, -0.2) is 9.78 Å². The zero-order valence-corrected chi connectivity index (χ0v) is 17.6. The third kappa shape index (κ3) is 5.13. The highest BCUT2D eigenvalue weighted by molar-refractivity contribution is 6.30. The summed E-state index contributed by atoms with van der Waals surface area (Å²) in [5.41, 5.74) is 3.93. The van der Waals surface area contributed by atoms with Crippen molar-refractivity contribution in [2.45, 2.75) is 20.0 Å². The average molecular weight is 434 g/mol. The molecule has 156 valence electrons. The molecule has 0 fully saturated rings. The van der Waals surface area contributed by atoms with Crippen molar-refractivity contribution in [3.05, 3.63) is 106 Å². The van der Waals surface area contributed by atoms with Gasteiger partial charge in [-0.1, -0.05) is 35.9 Å². The van der Waals surface area contributed by atoms with Crippen molar-refractivity contribution in [1.82, 2.24) is 4.98 Å². The van der Waals surface area contributed by atoms with Crippen molar-refractivity contribution in [2.75, 3.05) is 0 Å². The highest BCUT2D eigenvalue weighted by Gasteiger charge is 2.12. The molecule has 0 aliphatic rings. The van der Waals surface area contributed by atoms with Crippen molar-refractivity contribution in [3.63, 3.8) is 0 Å². The van der Waals surface area contributed by atoms with Crippen molar-refractivity contribution in [1.29, 1.82) is 0 Å². The van der Waals surface area contributed by atoms with Crippen molar-refractivity contribution < 1.29 is 19.1 Å². The van der Waals surface area contributed by atoms with E-state index in [4.69, 9.17) is 25.9 Å². The Kier molecular flexibility index (Phi) is 6.05. The average Bonchev–Trinajstić information content (AvgIpc) is 3.13. The Morgan fingerprint density at radius 3 is 2.45 bits per heavy atom. The summed E-state index contributed by atoms with van der Waals surface area (Å²) in [5.74, 6) is 1.16. The number of aromatic nitrogens is 1. The molecule has 0 atom stereocenters. The maximum absolute atomic E-state index is 10.9. The molecule has 0 saturated carbocycles. The van der Waals surface area contributed by atoms with Crippen LogP contribution in [0.25, 0.3) is 11.3 Å². The number of carboxylic acid groups (broad SMARTS) is 1. The summed E-state index contributed by atoms with van der Waals surface area (Å²) in [4.78, 5) is 15.6. The fraction of sp³-hybridized carbons (Fsp3) is 0.120. The molecule has 3 aromatic carbocycles. The van der Waals surface area contributed by atoms with Gasteiger partial charge in [0.2, 0.25) is 0 Å². The number of hydrogen-bond acceptors (Lipinski definition) is 4. The number of aryl methyl sites for hydroxylation is 1. The Morgan fingerprint density at radius 1 is 1.03 bits per heavy atom. The number of benzene rings is 3. The molecule has 31 heavy (non-hydrogen) atoms. The van der Waals surface area contributed by atoms with Crippen LogP contribution in [0, 0.1) is 6.92 Å². The summed E-state index contributed by atoms with van der Waals surface area (Å²) < 4.78 is 11.7. The molecule has 6 heteroatoms. The van der Waals surface area contributed by atoms with E-state index in [0.29, 0.717) is 29.7 Å². The second-order valence-electron chi connectivity index (χ2n) is 7.13. The molecule has 1 N–H and O–H groups in total. The predicted octanol–water partition coefficient (Wildman–Crippen LogP) is 6.17. The van der Waals surface area contributed by atoms with Gasteiger partial charge in [0.15, 0.2) is 5.89 Å². The van der Waals surface area contributed by atoms with E-state index in [9.17, 15) is 4.79 Å². The third-order valence-corrected chi connectivity index (χ3v) is 5.05. The number of rotatable bonds is 7. The molecule has 4 aromatic rings. The normalized spacial score (nSPS) is 10.8. The highest BCUT2D eigenvalue weighted by Crippen LogP contribution is 2.27. The molecule has 0 aliphatic carbocycles. The largest absolute Gasteiger partial charge is 0.489 e. The lowest BCUT2D eigenvalue weighted by molar-refractivity contribution is 0.0697. The van der Waals surface area contributed by atoms with Crippen molar-refractivity contribution >= 4 is 17.6 Å². The summed E-state index contributed by atoms with van der Waals surface area (Å²) in [5, 5.41) is 9.65. The van der Waals surface area contributed by atoms with Gasteiger partial charge in [-0.3, -0.25) is 0 Å². The van der Waals surface area contributed by atoms with E-state index >= 15 is 0 Å². The van der Waals surface area contributed by atoms with Crippen LogP contribution >= 0.6 is 11.6 Å². The third-order valence-electron chi connectivity index (χ3n) is 4.82. The number of nitrogens with zero attached hydrogens (tertiary/aromatic N) is 1. The lowest BCUT2D eigenvalue weighted by Gasteiger charge is -2.07. The molecule has 0 spiro atoms. The fourth-order valence-electron chi connectivity index (χ4n) is 3.24. The fourth-order valence-corrected chi connectivity index (χ4v) is 3.45. The second-order valence-corrected chi connectivity index (χ2v) is 7.57. The minimum absolute atomic E-state index is 0.255. The quantitative estimate of drug-likeness (QED) is 0.377. The zero-order chi connectivity index (χ0) is 21.8. The van der Waals surface area contributed by atoms with E-state index in [1.807, 2.05) is 55.5 Å². The molecule has 4 rings (SSSR count). The maximum atomic E-state index is 10.9.